The van der Waals surface area contributed by atoms with Crippen molar-refractivity contribution in [3.05, 3.63) is 55.8 Å². The molecule has 0 radical (unpaired) electrons. The molecule has 2 rings (SSSR count). The molecule has 1 atom stereocenters. The molecule has 1 nitrogen and oxygen atoms in total. The number of halogens is 1. The Kier molecular flexibility index (Phi) is 4.37. The van der Waals surface area contributed by atoms with E-state index in [0.29, 0.717) is 6.04 Å². The summed E-state index contributed by atoms with van der Waals surface area (Å²) < 4.78 is 1.29. The first-order chi connectivity index (χ1) is 7.79. The van der Waals surface area contributed by atoms with Gasteiger partial charge in [0, 0.05) is 9.61 Å². The van der Waals surface area contributed by atoms with Crippen LogP contribution in [0.4, 0.5) is 0 Å². The van der Waals surface area contributed by atoms with Crippen molar-refractivity contribution in [1.82, 2.24) is 5.32 Å². The largest absolute Gasteiger partial charge is 0.313 e. The van der Waals surface area contributed by atoms with Crippen LogP contribution in [0.3, 0.4) is 0 Å². The first kappa shape index (κ1) is 12.1. The molecule has 1 aromatic carbocycles. The second kappa shape index (κ2) is 5.80. The van der Waals surface area contributed by atoms with E-state index in [1.54, 1.807) is 11.3 Å². The molecular weight excluding hydrogens is 329 g/mol. The molecule has 16 heavy (non-hydrogen) atoms. The molecule has 0 spiro atoms. The van der Waals surface area contributed by atoms with Gasteiger partial charge >= 0.3 is 0 Å². The van der Waals surface area contributed by atoms with Crippen LogP contribution in [-0.4, -0.2) is 7.05 Å². The van der Waals surface area contributed by atoms with Gasteiger partial charge in [0.05, 0.1) is 0 Å². The van der Waals surface area contributed by atoms with E-state index in [1.165, 1.54) is 14.7 Å². The Balaban J connectivity index is 2.16. The molecule has 84 valence electrons. The van der Waals surface area contributed by atoms with Crippen LogP contribution in [0, 0.1) is 3.57 Å². The average molecular weight is 343 g/mol. The fourth-order valence-corrected chi connectivity index (χ4v) is 3.00. The van der Waals surface area contributed by atoms with Gasteiger partial charge in [0.25, 0.3) is 0 Å². The molecule has 0 aliphatic rings. The third-order valence-corrected chi connectivity index (χ3v) is 4.02. The van der Waals surface area contributed by atoms with E-state index >= 15 is 0 Å². The van der Waals surface area contributed by atoms with E-state index in [2.05, 4.69) is 69.0 Å². The maximum absolute atomic E-state index is 3.39. The van der Waals surface area contributed by atoms with Crippen molar-refractivity contribution in [2.75, 3.05) is 7.05 Å². The standard InChI is InChI=1S/C13H14INS/c1-15-13(7-10-5-6-16-9-10)11-3-2-4-12(14)8-11/h2-6,8-9,13,15H,7H2,1H3. The van der Waals surface area contributed by atoms with Crippen LogP contribution in [-0.2, 0) is 6.42 Å². The number of hydrogen-bond donors (Lipinski definition) is 1. The topological polar surface area (TPSA) is 12.0 Å². The predicted molar refractivity (Wildman–Crippen MR) is 79.0 cm³/mol. The number of benzene rings is 1. The summed E-state index contributed by atoms with van der Waals surface area (Å²) >= 11 is 4.12. The molecule has 0 fully saturated rings. The Morgan fingerprint density at radius 1 is 1.38 bits per heavy atom. The van der Waals surface area contributed by atoms with Crippen molar-refractivity contribution in [2.24, 2.45) is 0 Å². The zero-order valence-electron chi connectivity index (χ0n) is 9.11. The van der Waals surface area contributed by atoms with Crippen molar-refractivity contribution < 1.29 is 0 Å². The minimum atomic E-state index is 0.407. The van der Waals surface area contributed by atoms with E-state index < -0.39 is 0 Å². The van der Waals surface area contributed by atoms with Crippen LogP contribution in [0.25, 0.3) is 0 Å². The van der Waals surface area contributed by atoms with Crippen LogP contribution >= 0.6 is 33.9 Å². The van der Waals surface area contributed by atoms with Gasteiger partial charge < -0.3 is 5.32 Å². The second-order valence-corrected chi connectivity index (χ2v) is 5.76. The quantitative estimate of drug-likeness (QED) is 0.832. The summed E-state index contributed by atoms with van der Waals surface area (Å²) in [4.78, 5) is 0. The normalized spacial score (nSPS) is 12.6. The van der Waals surface area contributed by atoms with Crippen LogP contribution in [0.15, 0.2) is 41.1 Å². The van der Waals surface area contributed by atoms with Crippen molar-refractivity contribution >= 4 is 33.9 Å². The lowest BCUT2D eigenvalue weighted by atomic mass is 10.0. The molecule has 2 aromatic rings. The third kappa shape index (κ3) is 3.06. The molecule has 3 heteroatoms. The predicted octanol–water partition coefficient (Wildman–Crippen LogP) is 3.86. The van der Waals surface area contributed by atoms with Gasteiger partial charge in [-0.05, 0) is 76.1 Å². The molecule has 0 bridgehead atoms. The first-order valence-electron chi connectivity index (χ1n) is 5.23. The van der Waals surface area contributed by atoms with E-state index in [4.69, 9.17) is 0 Å². The molecule has 1 N–H and O–H groups in total. The molecule has 0 aliphatic heterocycles. The third-order valence-electron chi connectivity index (χ3n) is 2.62. The molecular formula is C13H14INS. The average Bonchev–Trinajstić information content (AvgIpc) is 2.78. The van der Waals surface area contributed by atoms with Gasteiger partial charge in [-0.2, -0.15) is 11.3 Å². The lowest BCUT2D eigenvalue weighted by Gasteiger charge is -2.16. The van der Waals surface area contributed by atoms with Crippen molar-refractivity contribution in [3.8, 4) is 0 Å². The van der Waals surface area contributed by atoms with Crippen molar-refractivity contribution in [1.29, 1.82) is 0 Å². The summed E-state index contributed by atoms with van der Waals surface area (Å²) in [6.45, 7) is 0. The maximum Gasteiger partial charge on any atom is 0.0359 e. The molecule has 1 heterocycles. The summed E-state index contributed by atoms with van der Waals surface area (Å²) in [5.41, 5.74) is 2.77. The van der Waals surface area contributed by atoms with Crippen LogP contribution in [0.2, 0.25) is 0 Å². The number of hydrogen-bond acceptors (Lipinski definition) is 2. The fraction of sp³-hybridized carbons (Fsp3) is 0.231. The van der Waals surface area contributed by atoms with Crippen LogP contribution in [0.5, 0.6) is 0 Å². The Morgan fingerprint density at radius 2 is 2.25 bits per heavy atom. The van der Waals surface area contributed by atoms with Gasteiger partial charge in [-0.1, -0.05) is 12.1 Å². The molecule has 0 saturated carbocycles. The molecule has 0 saturated heterocycles. The van der Waals surface area contributed by atoms with Gasteiger partial charge in [-0.25, -0.2) is 0 Å². The summed E-state index contributed by atoms with van der Waals surface area (Å²) in [6.07, 6.45) is 1.06. The monoisotopic (exact) mass is 343 g/mol. The molecule has 0 amide bonds. The Hall–Kier alpha value is -0.390. The Bertz CT molecular complexity index is 439. The summed E-state index contributed by atoms with van der Waals surface area (Å²) in [6, 6.07) is 11.3. The smallest absolute Gasteiger partial charge is 0.0359 e. The number of likely N-dealkylation sites (N-methyl/N-ethyl adjacent to an activating group) is 1. The summed E-state index contributed by atoms with van der Waals surface area (Å²) in [7, 11) is 2.02. The van der Waals surface area contributed by atoms with Crippen molar-refractivity contribution in [3.63, 3.8) is 0 Å². The van der Waals surface area contributed by atoms with E-state index in [0.717, 1.165) is 6.42 Å². The van der Waals surface area contributed by atoms with E-state index in [9.17, 15) is 0 Å². The van der Waals surface area contributed by atoms with Crippen LogP contribution in [0.1, 0.15) is 17.2 Å². The highest BCUT2D eigenvalue weighted by Gasteiger charge is 2.10. The van der Waals surface area contributed by atoms with Crippen LogP contribution < -0.4 is 5.32 Å². The zero-order chi connectivity index (χ0) is 11.4. The molecule has 1 unspecified atom stereocenters. The Labute approximate surface area is 114 Å². The van der Waals surface area contributed by atoms with Crippen molar-refractivity contribution in [2.45, 2.75) is 12.5 Å². The van der Waals surface area contributed by atoms with Gasteiger partial charge in [-0.15, -0.1) is 0 Å². The summed E-state index contributed by atoms with van der Waals surface area (Å²) in [5, 5.41) is 7.74. The number of nitrogens with one attached hydrogen (secondary N) is 1. The minimum absolute atomic E-state index is 0.407. The lowest BCUT2D eigenvalue weighted by molar-refractivity contribution is 0.592. The maximum atomic E-state index is 3.39. The first-order valence-corrected chi connectivity index (χ1v) is 7.25. The number of rotatable bonds is 4. The highest BCUT2D eigenvalue weighted by atomic mass is 127. The van der Waals surface area contributed by atoms with Gasteiger partial charge in [0.15, 0.2) is 0 Å². The SMILES string of the molecule is CNC(Cc1ccsc1)c1cccc(I)c1. The number of thiophene rings is 1. The van der Waals surface area contributed by atoms with Gasteiger partial charge in [0.1, 0.15) is 0 Å². The zero-order valence-corrected chi connectivity index (χ0v) is 12.1. The summed E-state index contributed by atoms with van der Waals surface area (Å²) in [5.74, 6) is 0. The van der Waals surface area contributed by atoms with Gasteiger partial charge in [-0.3, -0.25) is 0 Å². The van der Waals surface area contributed by atoms with E-state index in [-0.39, 0.29) is 0 Å². The highest BCUT2D eigenvalue weighted by molar-refractivity contribution is 14.1. The fourth-order valence-electron chi connectivity index (χ4n) is 1.75. The minimum Gasteiger partial charge on any atom is -0.313 e. The van der Waals surface area contributed by atoms with Gasteiger partial charge in [0.2, 0.25) is 0 Å². The highest BCUT2D eigenvalue weighted by Crippen LogP contribution is 2.21. The second-order valence-electron chi connectivity index (χ2n) is 3.73. The molecule has 1 aromatic heterocycles. The Morgan fingerprint density at radius 3 is 2.88 bits per heavy atom. The van der Waals surface area contributed by atoms with E-state index in [1.807, 2.05) is 7.05 Å². The molecule has 0 aliphatic carbocycles. The lowest BCUT2D eigenvalue weighted by Crippen LogP contribution is -2.18.